The molecule has 0 unspecified atom stereocenters. The van der Waals surface area contributed by atoms with Crippen molar-refractivity contribution in [2.45, 2.75) is 36.6 Å². The molecule has 3 saturated heterocycles. The number of amides is 2. The molecule has 3 heterocycles. The molecule has 0 aromatic heterocycles. The molecular formula is C19H25N3O5S. The first-order valence-corrected chi connectivity index (χ1v) is 11.2. The molecule has 4 rings (SSSR count). The van der Waals surface area contributed by atoms with E-state index in [9.17, 15) is 18.0 Å². The Morgan fingerprint density at radius 2 is 1.54 bits per heavy atom. The molecule has 1 aromatic rings. The van der Waals surface area contributed by atoms with Gasteiger partial charge in [0.05, 0.1) is 36.3 Å². The Morgan fingerprint density at radius 3 is 2.18 bits per heavy atom. The van der Waals surface area contributed by atoms with Gasteiger partial charge in [0.15, 0.2) is 0 Å². The van der Waals surface area contributed by atoms with Gasteiger partial charge in [0, 0.05) is 13.1 Å². The third kappa shape index (κ3) is 3.59. The molecule has 0 spiro atoms. The molecule has 3 fully saturated rings. The van der Waals surface area contributed by atoms with Gasteiger partial charge >= 0.3 is 0 Å². The first kappa shape index (κ1) is 19.5. The van der Waals surface area contributed by atoms with Gasteiger partial charge in [0.25, 0.3) is 5.91 Å². The number of ether oxygens (including phenoxy) is 1. The van der Waals surface area contributed by atoms with E-state index in [0.29, 0.717) is 32.0 Å². The molecule has 8 nitrogen and oxygen atoms in total. The normalized spacial score (nSPS) is 25.4. The third-order valence-corrected chi connectivity index (χ3v) is 7.57. The van der Waals surface area contributed by atoms with E-state index in [1.807, 2.05) is 0 Å². The third-order valence-electron chi connectivity index (χ3n) is 5.66. The van der Waals surface area contributed by atoms with E-state index in [0.717, 1.165) is 32.4 Å². The zero-order valence-electron chi connectivity index (χ0n) is 15.7. The molecule has 3 aliphatic heterocycles. The molecule has 1 atom stereocenters. The Hall–Kier alpha value is -1.81. The second-order valence-corrected chi connectivity index (χ2v) is 9.33. The topological polar surface area (TPSA) is 87.2 Å². The number of carbonyl (C=O) groups is 2. The summed E-state index contributed by atoms with van der Waals surface area (Å²) in [4.78, 5) is 28.8. The zero-order valence-corrected chi connectivity index (χ0v) is 16.6. The minimum atomic E-state index is -3.60. The van der Waals surface area contributed by atoms with Crippen molar-refractivity contribution in [1.29, 1.82) is 0 Å². The van der Waals surface area contributed by atoms with Crippen LogP contribution in [-0.2, 0) is 24.3 Å². The number of hydrogen-bond acceptors (Lipinski definition) is 6. The van der Waals surface area contributed by atoms with E-state index >= 15 is 0 Å². The summed E-state index contributed by atoms with van der Waals surface area (Å²) in [6.07, 6.45) is 3.44. The van der Waals surface area contributed by atoms with Crippen LogP contribution in [0.15, 0.2) is 29.2 Å². The van der Waals surface area contributed by atoms with Crippen molar-refractivity contribution in [3.8, 4) is 0 Å². The van der Waals surface area contributed by atoms with Gasteiger partial charge in [-0.15, -0.1) is 0 Å². The van der Waals surface area contributed by atoms with Crippen LogP contribution in [0.5, 0.6) is 0 Å². The SMILES string of the molecule is O=C1C[C@@H](N2CCCCC2)C(=O)N1c1ccc(S(=O)(=O)N2CCOCC2)cc1. The lowest BCUT2D eigenvalue weighted by Gasteiger charge is -2.30. The quantitative estimate of drug-likeness (QED) is 0.687. The predicted molar refractivity (Wildman–Crippen MR) is 102 cm³/mol. The average Bonchev–Trinajstić information content (AvgIpc) is 3.03. The molecule has 0 N–H and O–H groups in total. The molecule has 1 aromatic carbocycles. The van der Waals surface area contributed by atoms with Crippen molar-refractivity contribution in [2.75, 3.05) is 44.3 Å². The van der Waals surface area contributed by atoms with Crippen molar-refractivity contribution >= 4 is 27.5 Å². The van der Waals surface area contributed by atoms with E-state index in [2.05, 4.69) is 4.90 Å². The fraction of sp³-hybridized carbons (Fsp3) is 0.579. The first-order valence-electron chi connectivity index (χ1n) is 9.77. The van der Waals surface area contributed by atoms with Crippen LogP contribution >= 0.6 is 0 Å². The van der Waals surface area contributed by atoms with Crippen molar-refractivity contribution in [3.63, 3.8) is 0 Å². The van der Waals surface area contributed by atoms with Gasteiger partial charge in [-0.05, 0) is 50.2 Å². The molecule has 0 aliphatic carbocycles. The summed E-state index contributed by atoms with van der Waals surface area (Å²) in [5, 5.41) is 0. The largest absolute Gasteiger partial charge is 0.379 e. The van der Waals surface area contributed by atoms with Crippen molar-refractivity contribution in [1.82, 2.24) is 9.21 Å². The van der Waals surface area contributed by atoms with Crippen molar-refractivity contribution in [2.24, 2.45) is 0 Å². The summed E-state index contributed by atoms with van der Waals surface area (Å²) < 4.78 is 32.0. The number of rotatable bonds is 4. The Balaban J connectivity index is 1.52. The Kier molecular flexibility index (Phi) is 5.50. The predicted octanol–water partition coefficient (Wildman–Crippen LogP) is 0.825. The standard InChI is InChI=1S/C19H25N3O5S/c23-18-14-17(20-8-2-1-3-9-20)19(24)22(18)15-4-6-16(7-5-15)28(25,26)21-10-12-27-13-11-21/h4-7,17H,1-3,8-14H2/t17-/m1/s1. The van der Waals surface area contributed by atoms with E-state index < -0.39 is 16.1 Å². The molecule has 0 bridgehead atoms. The number of morpholine rings is 1. The fourth-order valence-electron chi connectivity index (χ4n) is 4.11. The van der Waals surface area contributed by atoms with E-state index in [4.69, 9.17) is 4.74 Å². The number of sulfonamides is 1. The van der Waals surface area contributed by atoms with Crippen LogP contribution in [0.4, 0.5) is 5.69 Å². The summed E-state index contributed by atoms with van der Waals surface area (Å²) in [5.41, 5.74) is 0.426. The van der Waals surface area contributed by atoms with Gasteiger partial charge in [-0.3, -0.25) is 14.5 Å². The lowest BCUT2D eigenvalue weighted by molar-refractivity contribution is -0.123. The first-order chi connectivity index (χ1) is 13.5. The Bertz CT molecular complexity index is 843. The van der Waals surface area contributed by atoms with Crippen LogP contribution in [0.1, 0.15) is 25.7 Å². The van der Waals surface area contributed by atoms with Gasteiger partial charge < -0.3 is 4.74 Å². The molecule has 28 heavy (non-hydrogen) atoms. The summed E-state index contributed by atoms with van der Waals surface area (Å²) >= 11 is 0. The Labute approximate surface area is 165 Å². The molecular weight excluding hydrogens is 382 g/mol. The minimum Gasteiger partial charge on any atom is -0.379 e. The number of piperidine rings is 1. The van der Waals surface area contributed by atoms with E-state index in [1.165, 1.54) is 21.3 Å². The molecule has 0 radical (unpaired) electrons. The number of likely N-dealkylation sites (tertiary alicyclic amines) is 1. The van der Waals surface area contributed by atoms with Crippen molar-refractivity contribution < 1.29 is 22.7 Å². The molecule has 9 heteroatoms. The smallest absolute Gasteiger partial charge is 0.251 e. The minimum absolute atomic E-state index is 0.157. The number of benzene rings is 1. The molecule has 0 saturated carbocycles. The molecule has 3 aliphatic rings. The lowest BCUT2D eigenvalue weighted by Crippen LogP contribution is -2.44. The van der Waals surface area contributed by atoms with Crippen LogP contribution in [0.2, 0.25) is 0 Å². The maximum atomic E-state index is 12.9. The van der Waals surface area contributed by atoms with Gasteiger partial charge in [-0.25, -0.2) is 13.3 Å². The number of carbonyl (C=O) groups excluding carboxylic acids is 2. The summed E-state index contributed by atoms with van der Waals surface area (Å²) in [7, 11) is -3.60. The second-order valence-electron chi connectivity index (χ2n) is 7.39. The fourth-order valence-corrected chi connectivity index (χ4v) is 5.51. The van der Waals surface area contributed by atoms with Gasteiger partial charge in [-0.1, -0.05) is 6.42 Å². The van der Waals surface area contributed by atoms with Gasteiger partial charge in [-0.2, -0.15) is 4.31 Å². The Morgan fingerprint density at radius 1 is 0.893 bits per heavy atom. The van der Waals surface area contributed by atoms with Crippen LogP contribution in [0.3, 0.4) is 0 Å². The maximum Gasteiger partial charge on any atom is 0.251 e. The number of hydrogen-bond donors (Lipinski definition) is 0. The highest BCUT2D eigenvalue weighted by molar-refractivity contribution is 7.89. The average molecular weight is 407 g/mol. The summed E-state index contributed by atoms with van der Waals surface area (Å²) in [6, 6.07) is 5.62. The number of imide groups is 1. The highest BCUT2D eigenvalue weighted by atomic mass is 32.2. The number of anilines is 1. The van der Waals surface area contributed by atoms with Crippen molar-refractivity contribution in [3.05, 3.63) is 24.3 Å². The summed E-state index contributed by atoms with van der Waals surface area (Å²) in [6.45, 7) is 3.09. The van der Waals surface area contributed by atoms with Crippen LogP contribution < -0.4 is 4.90 Å². The zero-order chi connectivity index (χ0) is 19.7. The van der Waals surface area contributed by atoms with Gasteiger partial charge in [0.1, 0.15) is 0 Å². The van der Waals surface area contributed by atoms with Crippen LogP contribution in [0.25, 0.3) is 0 Å². The van der Waals surface area contributed by atoms with Crippen LogP contribution in [0, 0.1) is 0 Å². The van der Waals surface area contributed by atoms with Crippen LogP contribution in [-0.4, -0.2) is 74.9 Å². The van der Waals surface area contributed by atoms with E-state index in [1.54, 1.807) is 12.1 Å². The molecule has 152 valence electrons. The monoisotopic (exact) mass is 407 g/mol. The summed E-state index contributed by atoms with van der Waals surface area (Å²) in [5.74, 6) is -0.444. The highest BCUT2D eigenvalue weighted by Crippen LogP contribution is 2.29. The highest BCUT2D eigenvalue weighted by Gasteiger charge is 2.43. The second kappa shape index (κ2) is 7.90. The maximum absolute atomic E-state index is 12.9. The molecule has 2 amide bonds. The number of nitrogens with zero attached hydrogens (tertiary/aromatic N) is 3. The lowest BCUT2D eigenvalue weighted by atomic mass is 10.1. The van der Waals surface area contributed by atoms with Gasteiger partial charge in [0.2, 0.25) is 15.9 Å². The van der Waals surface area contributed by atoms with E-state index in [-0.39, 0.29) is 23.1 Å².